The van der Waals surface area contributed by atoms with Crippen molar-refractivity contribution in [2.75, 3.05) is 0 Å². The molecule has 9 rings (SSSR count). The van der Waals surface area contributed by atoms with Gasteiger partial charge in [0.1, 0.15) is 0 Å². The molecule has 2 aromatic heterocycles. The molecule has 0 aliphatic rings. The topological polar surface area (TPSA) is 9.86 Å². The van der Waals surface area contributed by atoms with Crippen molar-refractivity contribution in [3.63, 3.8) is 0 Å². The quantitative estimate of drug-likeness (QED) is 0.199. The Morgan fingerprint density at radius 3 is 1.84 bits per heavy atom. The summed E-state index contributed by atoms with van der Waals surface area (Å²) in [6.07, 6.45) is 0. The van der Waals surface area contributed by atoms with Crippen LogP contribution in [0.2, 0.25) is 0 Å². The van der Waals surface area contributed by atoms with Crippen LogP contribution in [0, 0.1) is 0 Å². The molecule has 0 atom stereocenters. The SMILES string of the molecule is [2H]c1cc([2H])c([2H])c(-c2c([2H])cc([2H])c(-c3cccc(-n4c5ccccc5c5cc(-n6c7ccccc7c7c([2H])c([2H])c([2H])c([2H])c76)ccc54)c3)c2[2H])c1[2H]. The van der Waals surface area contributed by atoms with Crippen molar-refractivity contribution in [2.45, 2.75) is 0 Å². The summed E-state index contributed by atoms with van der Waals surface area (Å²) in [5, 5.41) is 3.00. The standard InChI is InChI=1S/C42H28N2/c1-2-12-29(13-3-1)30-14-10-15-31(26-30)32-16-11-17-33(27-32)43-41-23-9-6-20-37(41)38-28-34(24-25-42(38)43)44-39-21-7-4-18-35(39)36-19-5-8-22-40(36)44/h1-28H/i2D,3D,4D,7D,12D,13D,14D,15D,18D,21D,26D. The predicted molar refractivity (Wildman–Crippen MR) is 186 cm³/mol. The van der Waals surface area contributed by atoms with Gasteiger partial charge in [-0.25, -0.2) is 0 Å². The molecule has 0 saturated carbocycles. The lowest BCUT2D eigenvalue weighted by Crippen LogP contribution is -1.96. The maximum atomic E-state index is 9.22. The highest BCUT2D eigenvalue weighted by atomic mass is 15.0. The first-order valence-corrected chi connectivity index (χ1v) is 14.2. The number of para-hydroxylation sites is 3. The zero-order valence-electron chi connectivity index (χ0n) is 34.2. The molecule has 0 spiro atoms. The van der Waals surface area contributed by atoms with E-state index in [1.807, 2.05) is 89.5 Å². The van der Waals surface area contributed by atoms with Gasteiger partial charge in [0.2, 0.25) is 0 Å². The van der Waals surface area contributed by atoms with Crippen molar-refractivity contribution >= 4 is 43.6 Å². The van der Waals surface area contributed by atoms with Crippen molar-refractivity contribution in [3.8, 4) is 33.6 Å². The van der Waals surface area contributed by atoms with E-state index in [0.29, 0.717) is 16.5 Å². The second-order valence-corrected chi connectivity index (χ2v) is 10.5. The van der Waals surface area contributed by atoms with Crippen LogP contribution in [-0.4, -0.2) is 9.13 Å². The maximum absolute atomic E-state index is 9.22. The Morgan fingerprint density at radius 2 is 1.02 bits per heavy atom. The minimum Gasteiger partial charge on any atom is -0.309 e. The van der Waals surface area contributed by atoms with Gasteiger partial charge in [-0.05, 0) is 76.8 Å². The van der Waals surface area contributed by atoms with Gasteiger partial charge < -0.3 is 9.13 Å². The fourth-order valence-electron chi connectivity index (χ4n) is 6.19. The lowest BCUT2D eigenvalue weighted by atomic mass is 9.99. The van der Waals surface area contributed by atoms with Gasteiger partial charge in [0.05, 0.1) is 37.1 Å². The van der Waals surface area contributed by atoms with Crippen molar-refractivity contribution in [1.82, 2.24) is 9.13 Å². The maximum Gasteiger partial charge on any atom is 0.0645 e. The Bertz CT molecular complexity index is 3100. The van der Waals surface area contributed by atoms with Crippen molar-refractivity contribution < 1.29 is 15.1 Å². The van der Waals surface area contributed by atoms with Gasteiger partial charge in [0.25, 0.3) is 0 Å². The number of aromatic nitrogens is 2. The van der Waals surface area contributed by atoms with E-state index in [2.05, 4.69) is 4.57 Å². The second kappa shape index (κ2) is 9.86. The average molecular weight is 572 g/mol. The largest absolute Gasteiger partial charge is 0.309 e. The normalized spacial score (nSPS) is 15.1. The number of hydrogen-bond donors (Lipinski definition) is 0. The number of fused-ring (bicyclic) bond motifs is 6. The number of nitrogens with zero attached hydrogens (tertiary/aromatic N) is 2. The zero-order chi connectivity index (χ0) is 38.6. The average Bonchev–Trinajstić information content (AvgIpc) is 3.70. The predicted octanol–water partition coefficient (Wildman–Crippen LogP) is 11.2. The molecule has 0 aliphatic heterocycles. The molecule has 206 valence electrons. The van der Waals surface area contributed by atoms with Gasteiger partial charge >= 0.3 is 0 Å². The summed E-state index contributed by atoms with van der Waals surface area (Å²) < 4.78 is 98.5. The first kappa shape index (κ1) is 16.1. The van der Waals surface area contributed by atoms with Crippen LogP contribution < -0.4 is 0 Å². The molecule has 2 heteroatoms. The Balaban J connectivity index is 1.27. The summed E-state index contributed by atoms with van der Waals surface area (Å²) in [6.45, 7) is 0. The third-order valence-electron chi connectivity index (χ3n) is 8.08. The molecule has 2 heterocycles. The lowest BCUT2D eigenvalue weighted by molar-refractivity contribution is 1.17. The van der Waals surface area contributed by atoms with Crippen LogP contribution in [0.4, 0.5) is 0 Å². The number of rotatable bonds is 4. The van der Waals surface area contributed by atoms with Crippen LogP contribution in [-0.2, 0) is 0 Å². The van der Waals surface area contributed by atoms with Crippen LogP contribution in [0.5, 0.6) is 0 Å². The summed E-state index contributed by atoms with van der Waals surface area (Å²) in [6, 6.07) is 28.4. The highest BCUT2D eigenvalue weighted by Gasteiger charge is 2.16. The Labute approximate surface area is 271 Å². The summed E-state index contributed by atoms with van der Waals surface area (Å²) in [5.74, 6) is 0. The zero-order valence-corrected chi connectivity index (χ0v) is 23.2. The van der Waals surface area contributed by atoms with Gasteiger partial charge in [0.15, 0.2) is 0 Å². The highest BCUT2D eigenvalue weighted by molar-refractivity contribution is 6.12. The van der Waals surface area contributed by atoms with Crippen molar-refractivity contribution in [1.29, 1.82) is 0 Å². The molecule has 0 amide bonds. The first-order valence-electron chi connectivity index (χ1n) is 19.7. The molecule has 0 bridgehead atoms. The van der Waals surface area contributed by atoms with Crippen LogP contribution in [0.25, 0.3) is 77.2 Å². The third kappa shape index (κ3) is 3.82. The molecular formula is C42H28N2. The fraction of sp³-hybridized carbons (Fsp3) is 0. The van der Waals surface area contributed by atoms with E-state index >= 15 is 0 Å². The summed E-state index contributed by atoms with van der Waals surface area (Å²) in [4.78, 5) is 0. The summed E-state index contributed by atoms with van der Waals surface area (Å²) in [5.41, 5.74) is 4.77. The number of benzene rings is 7. The van der Waals surface area contributed by atoms with Crippen molar-refractivity contribution in [2.24, 2.45) is 0 Å². The molecule has 2 nitrogen and oxygen atoms in total. The van der Waals surface area contributed by atoms with Gasteiger partial charge in [-0.1, -0.05) is 115 Å². The lowest BCUT2D eigenvalue weighted by Gasteiger charge is -2.12. The molecule has 0 radical (unpaired) electrons. The van der Waals surface area contributed by atoms with Gasteiger partial charge in [0, 0.05) is 32.9 Å². The van der Waals surface area contributed by atoms with E-state index in [0.717, 1.165) is 50.1 Å². The van der Waals surface area contributed by atoms with Crippen molar-refractivity contribution in [3.05, 3.63) is 170 Å². The van der Waals surface area contributed by atoms with Crippen LogP contribution in [0.1, 0.15) is 15.1 Å². The van der Waals surface area contributed by atoms with E-state index in [-0.39, 0.29) is 83.2 Å². The summed E-state index contributed by atoms with van der Waals surface area (Å²) in [7, 11) is 0. The second-order valence-electron chi connectivity index (χ2n) is 10.5. The highest BCUT2D eigenvalue weighted by Crippen LogP contribution is 2.37. The third-order valence-corrected chi connectivity index (χ3v) is 8.08. The fourth-order valence-corrected chi connectivity index (χ4v) is 6.19. The Kier molecular flexibility index (Phi) is 3.61. The number of hydrogen-bond acceptors (Lipinski definition) is 0. The van der Waals surface area contributed by atoms with Gasteiger partial charge in [-0.2, -0.15) is 0 Å². The molecule has 0 saturated heterocycles. The Hall–Kier alpha value is -5.86. The monoisotopic (exact) mass is 571 g/mol. The van der Waals surface area contributed by atoms with Gasteiger partial charge in [-0.3, -0.25) is 0 Å². The molecular weight excluding hydrogens is 532 g/mol. The smallest absolute Gasteiger partial charge is 0.0645 e. The minimum absolute atomic E-state index is 0.0756. The van der Waals surface area contributed by atoms with E-state index in [9.17, 15) is 1.37 Å². The molecule has 0 aliphatic carbocycles. The molecule has 0 fully saturated rings. The minimum atomic E-state index is -0.355. The molecule has 0 N–H and O–H groups in total. The molecule has 7 aromatic carbocycles. The first-order chi connectivity index (χ1) is 26.4. The van der Waals surface area contributed by atoms with Gasteiger partial charge in [-0.15, -0.1) is 0 Å². The van der Waals surface area contributed by atoms with E-state index in [4.69, 9.17) is 13.7 Å². The van der Waals surface area contributed by atoms with E-state index < -0.39 is 0 Å². The van der Waals surface area contributed by atoms with Crippen LogP contribution in [0.15, 0.2) is 170 Å². The summed E-state index contributed by atoms with van der Waals surface area (Å²) >= 11 is 0. The van der Waals surface area contributed by atoms with E-state index in [1.54, 1.807) is 6.07 Å². The Morgan fingerprint density at radius 1 is 0.364 bits per heavy atom. The molecule has 44 heavy (non-hydrogen) atoms. The molecule has 9 aromatic rings. The molecule has 0 unspecified atom stereocenters. The van der Waals surface area contributed by atoms with E-state index in [1.165, 1.54) is 6.07 Å². The van der Waals surface area contributed by atoms with Crippen LogP contribution in [0.3, 0.4) is 0 Å². The van der Waals surface area contributed by atoms with Crippen LogP contribution >= 0.6 is 0 Å².